The lowest BCUT2D eigenvalue weighted by atomic mass is 10.1. The average Bonchev–Trinajstić information content (AvgIpc) is 2.77. The second kappa shape index (κ2) is 12.4. The van der Waals surface area contributed by atoms with Gasteiger partial charge in [-0.1, -0.05) is 53.9 Å². The van der Waals surface area contributed by atoms with Crippen LogP contribution < -0.4 is 9.62 Å². The Bertz CT molecular complexity index is 1110. The molecule has 34 heavy (non-hydrogen) atoms. The number of halogens is 2. The zero-order chi connectivity index (χ0) is 25.5. The monoisotopic (exact) mass is 527 g/mol. The van der Waals surface area contributed by atoms with Gasteiger partial charge in [0.2, 0.25) is 21.8 Å². The Morgan fingerprint density at radius 2 is 1.74 bits per heavy atom. The van der Waals surface area contributed by atoms with E-state index in [0.717, 1.165) is 11.8 Å². The number of carbonyl (C=O) groups excluding carboxylic acids is 2. The van der Waals surface area contributed by atoms with E-state index >= 15 is 0 Å². The number of anilines is 1. The molecule has 186 valence electrons. The fraction of sp³-hybridized carbons (Fsp3) is 0.417. The summed E-state index contributed by atoms with van der Waals surface area (Å²) in [6, 6.07) is 11.5. The summed E-state index contributed by atoms with van der Waals surface area (Å²) in [6.45, 7) is 4.02. The predicted octanol–water partition coefficient (Wildman–Crippen LogP) is 4.40. The molecule has 1 unspecified atom stereocenters. The number of rotatable bonds is 11. The molecule has 10 heteroatoms. The van der Waals surface area contributed by atoms with Crippen molar-refractivity contribution in [3.8, 4) is 0 Å². The number of amides is 2. The highest BCUT2D eigenvalue weighted by Gasteiger charge is 2.28. The van der Waals surface area contributed by atoms with Crippen molar-refractivity contribution in [3.05, 3.63) is 63.6 Å². The molecule has 2 rings (SSSR count). The van der Waals surface area contributed by atoms with E-state index in [4.69, 9.17) is 23.2 Å². The molecule has 0 spiro atoms. The molecule has 2 aromatic carbocycles. The number of nitrogens with zero attached hydrogens (tertiary/aromatic N) is 2. The topological polar surface area (TPSA) is 86.8 Å². The van der Waals surface area contributed by atoms with E-state index in [1.165, 1.54) is 16.3 Å². The van der Waals surface area contributed by atoms with E-state index in [1.54, 1.807) is 30.3 Å². The van der Waals surface area contributed by atoms with Crippen molar-refractivity contribution in [2.45, 2.75) is 45.7 Å². The molecular formula is C24H31Cl2N3O4S. The van der Waals surface area contributed by atoms with Crippen molar-refractivity contribution in [3.63, 3.8) is 0 Å². The van der Waals surface area contributed by atoms with Crippen LogP contribution in [0.3, 0.4) is 0 Å². The van der Waals surface area contributed by atoms with E-state index in [0.29, 0.717) is 27.7 Å². The molecule has 1 atom stereocenters. The Hall–Kier alpha value is -2.29. The van der Waals surface area contributed by atoms with Gasteiger partial charge >= 0.3 is 0 Å². The van der Waals surface area contributed by atoms with Gasteiger partial charge in [-0.15, -0.1) is 0 Å². The highest BCUT2D eigenvalue weighted by molar-refractivity contribution is 7.92. The third kappa shape index (κ3) is 7.61. The summed E-state index contributed by atoms with van der Waals surface area (Å²) in [7, 11) is -2.01. The summed E-state index contributed by atoms with van der Waals surface area (Å²) in [6.07, 6.45) is 1.91. The maximum Gasteiger partial charge on any atom is 0.242 e. The largest absolute Gasteiger partial charge is 0.357 e. The van der Waals surface area contributed by atoms with E-state index in [9.17, 15) is 18.0 Å². The summed E-state index contributed by atoms with van der Waals surface area (Å²) in [4.78, 5) is 27.3. The number of benzene rings is 2. The first kappa shape index (κ1) is 28.0. The SMILES string of the molecule is CCC(C(=O)NC)N(Cc1ccc(Cl)cc1Cl)C(=O)CCCN(c1ccc(C)cc1)S(C)(=O)=O. The first-order chi connectivity index (χ1) is 16.0. The number of sulfonamides is 1. The first-order valence-electron chi connectivity index (χ1n) is 11.0. The molecule has 2 aromatic rings. The summed E-state index contributed by atoms with van der Waals surface area (Å²) in [5.41, 5.74) is 2.23. The van der Waals surface area contributed by atoms with Crippen molar-refractivity contribution in [1.82, 2.24) is 10.2 Å². The van der Waals surface area contributed by atoms with Crippen molar-refractivity contribution in [2.24, 2.45) is 0 Å². The van der Waals surface area contributed by atoms with Crippen LogP contribution in [0.5, 0.6) is 0 Å². The summed E-state index contributed by atoms with van der Waals surface area (Å²) in [5, 5.41) is 3.48. The first-order valence-corrected chi connectivity index (χ1v) is 13.6. The van der Waals surface area contributed by atoms with Crippen LogP contribution in [-0.4, -0.2) is 51.0 Å². The maximum absolute atomic E-state index is 13.3. The van der Waals surface area contributed by atoms with Crippen LogP contribution >= 0.6 is 23.2 Å². The Morgan fingerprint density at radius 1 is 1.09 bits per heavy atom. The van der Waals surface area contributed by atoms with Crippen molar-refractivity contribution in [2.75, 3.05) is 24.2 Å². The van der Waals surface area contributed by atoms with Crippen LogP contribution in [0.25, 0.3) is 0 Å². The highest BCUT2D eigenvalue weighted by atomic mass is 35.5. The van der Waals surface area contributed by atoms with Crippen LogP contribution in [0.1, 0.15) is 37.3 Å². The highest BCUT2D eigenvalue weighted by Crippen LogP contribution is 2.25. The molecule has 0 aliphatic rings. The molecular weight excluding hydrogens is 497 g/mol. The van der Waals surface area contributed by atoms with Crippen LogP contribution in [0.2, 0.25) is 10.0 Å². The quantitative estimate of drug-likeness (QED) is 0.469. The van der Waals surface area contributed by atoms with Gasteiger partial charge in [-0.05, 0) is 49.6 Å². The zero-order valence-corrected chi connectivity index (χ0v) is 22.2. The van der Waals surface area contributed by atoms with Crippen LogP contribution in [0.4, 0.5) is 5.69 Å². The van der Waals surface area contributed by atoms with Crippen molar-refractivity contribution >= 4 is 50.7 Å². The molecule has 0 heterocycles. The Balaban J connectivity index is 2.21. The Labute approximate surface area is 212 Å². The molecule has 0 aliphatic heterocycles. The van der Waals surface area contributed by atoms with Crippen LogP contribution in [0, 0.1) is 6.92 Å². The number of nitrogens with one attached hydrogen (secondary N) is 1. The second-order valence-corrected chi connectivity index (χ2v) is 10.8. The molecule has 0 aliphatic carbocycles. The molecule has 0 saturated carbocycles. The van der Waals surface area contributed by atoms with Gasteiger partial charge in [0.15, 0.2) is 0 Å². The van der Waals surface area contributed by atoms with Gasteiger partial charge in [0.05, 0.1) is 11.9 Å². The van der Waals surface area contributed by atoms with Gasteiger partial charge in [0.1, 0.15) is 6.04 Å². The number of carbonyl (C=O) groups is 2. The van der Waals surface area contributed by atoms with Gasteiger partial charge in [-0.25, -0.2) is 8.42 Å². The summed E-state index contributed by atoms with van der Waals surface area (Å²) < 4.78 is 26.0. The average molecular weight is 529 g/mol. The lowest BCUT2D eigenvalue weighted by Gasteiger charge is -2.31. The van der Waals surface area contributed by atoms with Gasteiger partial charge in [0, 0.05) is 36.6 Å². The van der Waals surface area contributed by atoms with Gasteiger partial charge in [-0.2, -0.15) is 0 Å². The Morgan fingerprint density at radius 3 is 2.26 bits per heavy atom. The number of likely N-dealkylation sites (N-methyl/N-ethyl adjacent to an activating group) is 1. The lowest BCUT2D eigenvalue weighted by molar-refractivity contribution is -0.141. The number of hydrogen-bond donors (Lipinski definition) is 1. The minimum Gasteiger partial charge on any atom is -0.357 e. The molecule has 0 aromatic heterocycles. The summed E-state index contributed by atoms with van der Waals surface area (Å²) >= 11 is 12.3. The van der Waals surface area contributed by atoms with Gasteiger partial charge in [-0.3, -0.25) is 13.9 Å². The molecule has 0 saturated heterocycles. The molecule has 7 nitrogen and oxygen atoms in total. The van der Waals surface area contributed by atoms with Crippen LogP contribution in [-0.2, 0) is 26.2 Å². The lowest BCUT2D eigenvalue weighted by Crippen LogP contribution is -2.48. The molecule has 0 fully saturated rings. The number of hydrogen-bond acceptors (Lipinski definition) is 4. The third-order valence-electron chi connectivity index (χ3n) is 5.46. The fourth-order valence-electron chi connectivity index (χ4n) is 3.63. The van der Waals surface area contributed by atoms with Crippen molar-refractivity contribution < 1.29 is 18.0 Å². The fourth-order valence-corrected chi connectivity index (χ4v) is 5.07. The third-order valence-corrected chi connectivity index (χ3v) is 7.24. The smallest absolute Gasteiger partial charge is 0.242 e. The van der Waals surface area contributed by atoms with E-state index < -0.39 is 16.1 Å². The van der Waals surface area contributed by atoms with E-state index in [1.807, 2.05) is 26.0 Å². The van der Waals surface area contributed by atoms with E-state index in [2.05, 4.69) is 5.32 Å². The molecule has 0 radical (unpaired) electrons. The van der Waals surface area contributed by atoms with E-state index in [-0.39, 0.29) is 37.7 Å². The normalized spacial score (nSPS) is 12.2. The molecule has 0 bridgehead atoms. The minimum absolute atomic E-state index is 0.0661. The Kier molecular flexibility index (Phi) is 10.2. The second-order valence-electron chi connectivity index (χ2n) is 8.07. The maximum atomic E-state index is 13.3. The minimum atomic E-state index is -3.53. The molecule has 2 amide bonds. The van der Waals surface area contributed by atoms with Crippen LogP contribution in [0.15, 0.2) is 42.5 Å². The standard InChI is InChI=1S/C24H31Cl2N3O4S/c1-5-22(24(31)27-3)28(16-18-10-11-19(25)15-21(18)26)23(30)7-6-14-29(34(4,32)33)20-12-8-17(2)9-13-20/h8-13,15,22H,5-7,14,16H2,1-4H3,(H,27,31). The molecule has 1 N–H and O–H groups in total. The zero-order valence-electron chi connectivity index (χ0n) is 19.8. The van der Waals surface area contributed by atoms with Gasteiger partial charge in [0.25, 0.3) is 0 Å². The van der Waals surface area contributed by atoms with Gasteiger partial charge < -0.3 is 10.2 Å². The predicted molar refractivity (Wildman–Crippen MR) is 138 cm³/mol. The summed E-state index contributed by atoms with van der Waals surface area (Å²) in [5.74, 6) is -0.544. The number of aryl methyl sites for hydroxylation is 1. The van der Waals surface area contributed by atoms with Crippen molar-refractivity contribution in [1.29, 1.82) is 0 Å².